The number of rotatable bonds is 8. The predicted molar refractivity (Wildman–Crippen MR) is 146 cm³/mol. The Hall–Kier alpha value is -4.18. The molecule has 1 unspecified atom stereocenters. The van der Waals surface area contributed by atoms with E-state index in [9.17, 15) is 15.0 Å². The van der Waals surface area contributed by atoms with Crippen molar-refractivity contribution in [2.75, 3.05) is 13.2 Å². The molecule has 0 bridgehead atoms. The van der Waals surface area contributed by atoms with Gasteiger partial charge in [-0.05, 0) is 36.8 Å². The number of benzene rings is 3. The van der Waals surface area contributed by atoms with Crippen molar-refractivity contribution in [1.29, 1.82) is 0 Å². The number of ether oxygens (including phenoxy) is 4. The number of aliphatic hydroxyl groups excluding tert-OH is 2. The van der Waals surface area contributed by atoms with E-state index in [2.05, 4.69) is 17.1 Å². The number of hydrogen-bond donors (Lipinski definition) is 2. The van der Waals surface area contributed by atoms with E-state index in [1.54, 1.807) is 13.1 Å². The summed E-state index contributed by atoms with van der Waals surface area (Å²) in [6, 6.07) is 23.7. The Morgan fingerprint density at radius 3 is 2.30 bits per heavy atom. The Morgan fingerprint density at radius 2 is 1.65 bits per heavy atom. The molecule has 4 aromatic rings. The van der Waals surface area contributed by atoms with Gasteiger partial charge < -0.3 is 29.2 Å². The standard InChI is InChI=1S/C31H30N2O7/c1-19-15-33(29-14-25(35)28(16-34)40-29)31(36)32-30(19)38-17-20-10-12-21(13-11-20)37-18-24-22-6-2-4-8-26(22)39-27-9-5-3-7-23(24)27/h2-13,15,24-25,28-29,34-35H,14,16-18H2,1H3/t25-,28?,29+/m0/s1. The van der Waals surface area contributed by atoms with Gasteiger partial charge in [0.15, 0.2) is 0 Å². The smallest absolute Gasteiger partial charge is 0.352 e. The van der Waals surface area contributed by atoms with Gasteiger partial charge in [-0.25, -0.2) is 4.79 Å². The van der Waals surface area contributed by atoms with Gasteiger partial charge in [0, 0.05) is 29.3 Å². The van der Waals surface area contributed by atoms with Crippen LogP contribution in [0.4, 0.5) is 0 Å². The average Bonchev–Trinajstić information content (AvgIpc) is 3.36. The van der Waals surface area contributed by atoms with Gasteiger partial charge in [0.25, 0.3) is 0 Å². The zero-order chi connectivity index (χ0) is 27.6. The molecule has 0 aliphatic carbocycles. The zero-order valence-corrected chi connectivity index (χ0v) is 22.0. The van der Waals surface area contributed by atoms with Gasteiger partial charge in [-0.2, -0.15) is 4.98 Å². The minimum atomic E-state index is -0.839. The van der Waals surface area contributed by atoms with Crippen molar-refractivity contribution in [3.05, 3.63) is 112 Å². The maximum Gasteiger partial charge on any atom is 0.352 e. The van der Waals surface area contributed by atoms with E-state index in [0.717, 1.165) is 33.9 Å². The number of aromatic nitrogens is 2. The minimum absolute atomic E-state index is 0.0489. The first-order valence-corrected chi connectivity index (χ1v) is 13.2. The summed E-state index contributed by atoms with van der Waals surface area (Å²) in [5, 5.41) is 19.3. The summed E-state index contributed by atoms with van der Waals surface area (Å²) in [6.45, 7) is 2.16. The van der Waals surface area contributed by atoms with Gasteiger partial charge in [-0.15, -0.1) is 0 Å². The molecule has 0 radical (unpaired) electrons. The molecule has 3 atom stereocenters. The molecule has 0 saturated carbocycles. The maximum absolute atomic E-state index is 12.6. The molecule has 2 aliphatic heterocycles. The first kappa shape index (κ1) is 26.1. The van der Waals surface area contributed by atoms with Crippen molar-refractivity contribution in [3.63, 3.8) is 0 Å². The fourth-order valence-electron chi connectivity index (χ4n) is 5.16. The van der Waals surface area contributed by atoms with Crippen molar-refractivity contribution in [2.24, 2.45) is 0 Å². The van der Waals surface area contributed by atoms with Crippen LogP contribution in [0.5, 0.6) is 23.1 Å². The summed E-state index contributed by atoms with van der Waals surface area (Å²) >= 11 is 0. The minimum Gasteiger partial charge on any atom is -0.493 e. The second-order valence-electron chi connectivity index (χ2n) is 10.0. The monoisotopic (exact) mass is 542 g/mol. The molecule has 3 heterocycles. The lowest BCUT2D eigenvalue weighted by Crippen LogP contribution is -2.28. The largest absolute Gasteiger partial charge is 0.493 e. The van der Waals surface area contributed by atoms with Crippen LogP contribution in [-0.2, 0) is 11.3 Å². The molecule has 0 spiro atoms. The third-order valence-electron chi connectivity index (χ3n) is 7.31. The van der Waals surface area contributed by atoms with Gasteiger partial charge in [-0.3, -0.25) is 4.57 Å². The summed E-state index contributed by atoms with van der Waals surface area (Å²) < 4.78 is 25.0. The highest BCUT2D eigenvalue weighted by Gasteiger charge is 2.35. The molecule has 6 rings (SSSR count). The number of hydrogen-bond acceptors (Lipinski definition) is 8. The summed E-state index contributed by atoms with van der Waals surface area (Å²) in [4.78, 5) is 16.7. The highest BCUT2D eigenvalue weighted by molar-refractivity contribution is 5.53. The van der Waals surface area contributed by atoms with Crippen molar-refractivity contribution in [1.82, 2.24) is 9.55 Å². The van der Waals surface area contributed by atoms with E-state index in [4.69, 9.17) is 18.9 Å². The van der Waals surface area contributed by atoms with Gasteiger partial charge in [0.1, 0.15) is 36.2 Å². The second-order valence-corrected chi connectivity index (χ2v) is 10.0. The van der Waals surface area contributed by atoms with Gasteiger partial charge in [0.2, 0.25) is 5.88 Å². The Kier molecular flexibility index (Phi) is 7.25. The molecule has 9 heteroatoms. The van der Waals surface area contributed by atoms with Crippen LogP contribution in [0.15, 0.2) is 83.8 Å². The molecule has 9 nitrogen and oxygen atoms in total. The van der Waals surface area contributed by atoms with Crippen LogP contribution in [0.25, 0.3) is 0 Å². The summed E-state index contributed by atoms with van der Waals surface area (Å²) in [5.41, 5.74) is 3.20. The summed E-state index contributed by atoms with van der Waals surface area (Å²) in [6.07, 6.45) is -0.438. The van der Waals surface area contributed by atoms with Crippen LogP contribution in [0, 0.1) is 6.92 Å². The fraction of sp³-hybridized carbons (Fsp3) is 0.290. The Labute approximate surface area is 231 Å². The lowest BCUT2D eigenvalue weighted by atomic mass is 9.88. The van der Waals surface area contributed by atoms with E-state index in [0.29, 0.717) is 12.2 Å². The Morgan fingerprint density at radius 1 is 0.975 bits per heavy atom. The second kappa shape index (κ2) is 11.1. The number of aryl methyl sites for hydroxylation is 1. The molecular weight excluding hydrogens is 512 g/mol. The SMILES string of the molecule is Cc1cn([C@H]2C[C@H](O)C(CO)O2)c(=O)nc1OCc1ccc(OCC2c3ccccc3Oc3ccccc32)cc1. The van der Waals surface area contributed by atoms with Crippen LogP contribution < -0.4 is 19.9 Å². The molecule has 1 aromatic heterocycles. The maximum atomic E-state index is 12.6. The summed E-state index contributed by atoms with van der Waals surface area (Å²) in [7, 11) is 0. The van der Waals surface area contributed by atoms with Crippen molar-refractivity contribution in [3.8, 4) is 23.1 Å². The Balaban J connectivity index is 1.09. The normalized spacial score (nSPS) is 19.9. The zero-order valence-electron chi connectivity index (χ0n) is 22.0. The molecule has 0 amide bonds. The van der Waals surface area contributed by atoms with E-state index >= 15 is 0 Å². The first-order chi connectivity index (χ1) is 19.5. The average molecular weight is 543 g/mol. The topological polar surface area (TPSA) is 112 Å². The number of nitrogens with zero attached hydrogens (tertiary/aromatic N) is 2. The van der Waals surface area contributed by atoms with Crippen molar-refractivity contribution < 1.29 is 29.2 Å². The van der Waals surface area contributed by atoms with E-state index in [1.807, 2.05) is 60.7 Å². The van der Waals surface area contributed by atoms with Crippen LogP contribution in [0.1, 0.15) is 40.8 Å². The van der Waals surface area contributed by atoms with E-state index < -0.39 is 24.1 Å². The van der Waals surface area contributed by atoms with Gasteiger partial charge in [-0.1, -0.05) is 48.5 Å². The van der Waals surface area contributed by atoms with Crippen LogP contribution in [0.3, 0.4) is 0 Å². The molecule has 206 valence electrons. The molecule has 2 aliphatic rings. The van der Waals surface area contributed by atoms with E-state index in [-0.39, 0.29) is 31.4 Å². The highest BCUT2D eigenvalue weighted by Crippen LogP contribution is 2.44. The highest BCUT2D eigenvalue weighted by atomic mass is 16.5. The third kappa shape index (κ3) is 5.19. The third-order valence-corrected chi connectivity index (χ3v) is 7.31. The first-order valence-electron chi connectivity index (χ1n) is 13.2. The Bertz CT molecular complexity index is 1510. The van der Waals surface area contributed by atoms with Gasteiger partial charge >= 0.3 is 5.69 Å². The molecular formula is C31H30N2O7. The fourth-order valence-corrected chi connectivity index (χ4v) is 5.16. The van der Waals surface area contributed by atoms with Crippen LogP contribution in [0.2, 0.25) is 0 Å². The molecule has 1 fully saturated rings. The molecule has 2 N–H and O–H groups in total. The van der Waals surface area contributed by atoms with Crippen LogP contribution in [-0.4, -0.2) is 45.2 Å². The van der Waals surface area contributed by atoms with Gasteiger partial charge in [0.05, 0.1) is 25.2 Å². The quantitative estimate of drug-likeness (QED) is 0.343. The molecule has 3 aromatic carbocycles. The molecule has 40 heavy (non-hydrogen) atoms. The lowest BCUT2D eigenvalue weighted by Gasteiger charge is -2.28. The number of para-hydroxylation sites is 2. The van der Waals surface area contributed by atoms with Crippen molar-refractivity contribution >= 4 is 0 Å². The lowest BCUT2D eigenvalue weighted by molar-refractivity contribution is -0.0460. The summed E-state index contributed by atoms with van der Waals surface area (Å²) in [5.74, 6) is 2.72. The molecule has 1 saturated heterocycles. The number of aliphatic hydroxyl groups is 2. The van der Waals surface area contributed by atoms with Crippen molar-refractivity contribution in [2.45, 2.75) is 44.3 Å². The number of fused-ring (bicyclic) bond motifs is 2. The van der Waals surface area contributed by atoms with E-state index in [1.165, 1.54) is 4.57 Å². The predicted octanol–water partition coefficient (Wildman–Crippen LogP) is 4.09. The van der Waals surface area contributed by atoms with Crippen LogP contribution >= 0.6 is 0 Å².